The number of aromatic amines is 1. The fraction of sp³-hybridized carbons (Fsp3) is 0. The van der Waals surface area contributed by atoms with Gasteiger partial charge in [0, 0.05) is 28.7 Å². The van der Waals surface area contributed by atoms with Gasteiger partial charge in [0.2, 0.25) is 0 Å². The zero-order valence-electron chi connectivity index (χ0n) is 7.77. The number of rotatable bonds is 1. The molecule has 0 aliphatic carbocycles. The van der Waals surface area contributed by atoms with E-state index < -0.39 is 0 Å². The summed E-state index contributed by atoms with van der Waals surface area (Å²) in [6, 6.07) is 3.84. The van der Waals surface area contributed by atoms with Crippen molar-refractivity contribution in [3.63, 3.8) is 0 Å². The SMILES string of the molecule is Nc1cc(-c2nccs2)c2cc[nH]c2n1. The first-order chi connectivity index (χ1) is 7.34. The van der Waals surface area contributed by atoms with Crippen molar-refractivity contribution in [3.05, 3.63) is 29.9 Å². The lowest BCUT2D eigenvalue weighted by molar-refractivity contribution is 1.33. The van der Waals surface area contributed by atoms with Gasteiger partial charge in [-0.15, -0.1) is 11.3 Å². The van der Waals surface area contributed by atoms with E-state index in [0.717, 1.165) is 21.6 Å². The van der Waals surface area contributed by atoms with Crippen LogP contribution < -0.4 is 5.73 Å². The first-order valence-corrected chi connectivity index (χ1v) is 5.36. The van der Waals surface area contributed by atoms with Gasteiger partial charge in [-0.3, -0.25) is 0 Å². The van der Waals surface area contributed by atoms with Crippen LogP contribution in [0.25, 0.3) is 21.6 Å². The molecule has 0 atom stereocenters. The van der Waals surface area contributed by atoms with Crippen LogP contribution >= 0.6 is 11.3 Å². The lowest BCUT2D eigenvalue weighted by atomic mass is 10.2. The predicted molar refractivity (Wildman–Crippen MR) is 61.6 cm³/mol. The van der Waals surface area contributed by atoms with E-state index in [4.69, 9.17) is 5.73 Å². The van der Waals surface area contributed by atoms with Gasteiger partial charge in [0.15, 0.2) is 0 Å². The Kier molecular flexibility index (Phi) is 1.72. The van der Waals surface area contributed by atoms with Gasteiger partial charge < -0.3 is 10.7 Å². The Balaban J connectivity index is 2.38. The number of anilines is 1. The molecule has 0 radical (unpaired) electrons. The van der Waals surface area contributed by atoms with E-state index in [1.54, 1.807) is 17.5 Å². The van der Waals surface area contributed by atoms with Crippen molar-refractivity contribution in [3.8, 4) is 10.6 Å². The second-order valence-corrected chi connectivity index (χ2v) is 4.07. The fourth-order valence-corrected chi connectivity index (χ4v) is 2.26. The summed E-state index contributed by atoms with van der Waals surface area (Å²) in [5.74, 6) is 0.509. The smallest absolute Gasteiger partial charge is 0.140 e. The Bertz CT molecular complexity index is 597. The maximum absolute atomic E-state index is 5.74. The molecule has 0 bridgehead atoms. The van der Waals surface area contributed by atoms with Crippen LogP contribution in [0.15, 0.2) is 29.9 Å². The highest BCUT2D eigenvalue weighted by atomic mass is 32.1. The number of nitrogens with one attached hydrogen (secondary N) is 1. The molecule has 3 rings (SSSR count). The highest BCUT2D eigenvalue weighted by molar-refractivity contribution is 7.13. The van der Waals surface area contributed by atoms with Crippen molar-refractivity contribution in [1.82, 2.24) is 15.0 Å². The second kappa shape index (κ2) is 3.06. The number of fused-ring (bicyclic) bond motifs is 1. The largest absolute Gasteiger partial charge is 0.384 e. The molecule has 15 heavy (non-hydrogen) atoms. The molecule has 3 heterocycles. The normalized spacial score (nSPS) is 10.9. The van der Waals surface area contributed by atoms with Gasteiger partial charge in [-0.05, 0) is 12.1 Å². The molecule has 0 saturated carbocycles. The lowest BCUT2D eigenvalue weighted by Gasteiger charge is -2.00. The summed E-state index contributed by atoms with van der Waals surface area (Å²) in [5, 5.41) is 3.97. The van der Waals surface area contributed by atoms with Crippen LogP contribution in [-0.2, 0) is 0 Å². The fourth-order valence-electron chi connectivity index (χ4n) is 1.59. The average Bonchev–Trinajstić information content (AvgIpc) is 2.86. The van der Waals surface area contributed by atoms with Crippen LogP contribution in [0.2, 0.25) is 0 Å². The van der Waals surface area contributed by atoms with Crippen LogP contribution in [0.1, 0.15) is 0 Å². The van der Waals surface area contributed by atoms with Crippen molar-refractivity contribution in [1.29, 1.82) is 0 Å². The van der Waals surface area contributed by atoms with Gasteiger partial charge in [0.25, 0.3) is 0 Å². The molecular weight excluding hydrogens is 208 g/mol. The van der Waals surface area contributed by atoms with Gasteiger partial charge in [0.1, 0.15) is 16.5 Å². The van der Waals surface area contributed by atoms with Crippen LogP contribution in [0.5, 0.6) is 0 Å². The zero-order valence-corrected chi connectivity index (χ0v) is 8.58. The highest BCUT2D eigenvalue weighted by Gasteiger charge is 2.08. The lowest BCUT2D eigenvalue weighted by Crippen LogP contribution is -1.91. The van der Waals surface area contributed by atoms with E-state index >= 15 is 0 Å². The van der Waals surface area contributed by atoms with E-state index in [1.165, 1.54) is 0 Å². The number of nitrogens with two attached hydrogens (primary N) is 1. The molecule has 3 N–H and O–H groups in total. The number of pyridine rings is 1. The van der Waals surface area contributed by atoms with E-state index in [1.807, 2.05) is 23.7 Å². The molecule has 0 aliphatic heterocycles. The van der Waals surface area contributed by atoms with Crippen LogP contribution in [0.3, 0.4) is 0 Å². The number of H-pyrrole nitrogens is 1. The number of thiazole rings is 1. The average molecular weight is 216 g/mol. The predicted octanol–water partition coefficient (Wildman–Crippen LogP) is 2.27. The van der Waals surface area contributed by atoms with Gasteiger partial charge in [-0.25, -0.2) is 9.97 Å². The van der Waals surface area contributed by atoms with Crippen molar-refractivity contribution in [2.24, 2.45) is 0 Å². The molecule has 0 spiro atoms. The Labute approximate surface area is 89.8 Å². The van der Waals surface area contributed by atoms with E-state index in [0.29, 0.717) is 5.82 Å². The molecule has 0 amide bonds. The molecule has 3 aromatic heterocycles. The van der Waals surface area contributed by atoms with E-state index in [9.17, 15) is 0 Å². The van der Waals surface area contributed by atoms with Crippen LogP contribution in [0, 0.1) is 0 Å². The third-order valence-electron chi connectivity index (χ3n) is 2.21. The summed E-state index contributed by atoms with van der Waals surface area (Å²) in [7, 11) is 0. The number of hydrogen-bond donors (Lipinski definition) is 2. The molecule has 0 fully saturated rings. The molecule has 74 valence electrons. The molecular formula is C10H8N4S. The maximum atomic E-state index is 5.74. The molecule has 0 aromatic carbocycles. The van der Waals surface area contributed by atoms with Crippen molar-refractivity contribution < 1.29 is 0 Å². The second-order valence-electron chi connectivity index (χ2n) is 3.17. The van der Waals surface area contributed by atoms with E-state index in [2.05, 4.69) is 15.0 Å². The monoisotopic (exact) mass is 216 g/mol. The number of hydrogen-bond acceptors (Lipinski definition) is 4. The molecule has 0 unspecified atom stereocenters. The topological polar surface area (TPSA) is 67.6 Å². The standard InChI is InChI=1S/C10H8N4S/c11-8-5-7(10-13-3-4-15-10)6-1-2-12-9(6)14-8/h1-5H,(H3,11,12,14). The minimum atomic E-state index is 0.509. The van der Waals surface area contributed by atoms with E-state index in [-0.39, 0.29) is 0 Å². The minimum absolute atomic E-state index is 0.509. The summed E-state index contributed by atoms with van der Waals surface area (Å²) < 4.78 is 0. The number of aromatic nitrogens is 3. The van der Waals surface area contributed by atoms with Gasteiger partial charge in [-0.1, -0.05) is 0 Å². The Morgan fingerprint density at radius 2 is 2.33 bits per heavy atom. The van der Waals surface area contributed by atoms with Crippen LogP contribution in [-0.4, -0.2) is 15.0 Å². The maximum Gasteiger partial charge on any atom is 0.140 e. The Morgan fingerprint density at radius 1 is 1.40 bits per heavy atom. The molecule has 5 heteroatoms. The molecule has 4 nitrogen and oxygen atoms in total. The summed E-state index contributed by atoms with van der Waals surface area (Å²) in [5.41, 5.74) is 7.58. The molecule has 0 aliphatic rings. The third-order valence-corrected chi connectivity index (χ3v) is 3.02. The third kappa shape index (κ3) is 1.28. The molecule has 0 saturated heterocycles. The quantitative estimate of drug-likeness (QED) is 0.655. The summed E-state index contributed by atoms with van der Waals surface area (Å²) in [4.78, 5) is 11.5. The van der Waals surface area contributed by atoms with Crippen molar-refractivity contribution >= 4 is 28.2 Å². The summed E-state index contributed by atoms with van der Waals surface area (Å²) in [6.45, 7) is 0. The van der Waals surface area contributed by atoms with Crippen molar-refractivity contribution in [2.75, 3.05) is 5.73 Å². The zero-order chi connectivity index (χ0) is 10.3. The summed E-state index contributed by atoms with van der Waals surface area (Å²) in [6.07, 6.45) is 3.64. The number of nitrogen functional groups attached to an aromatic ring is 1. The minimum Gasteiger partial charge on any atom is -0.384 e. The Hall–Kier alpha value is -1.88. The number of nitrogens with zero attached hydrogens (tertiary/aromatic N) is 2. The Morgan fingerprint density at radius 3 is 3.13 bits per heavy atom. The first-order valence-electron chi connectivity index (χ1n) is 4.48. The molecule has 3 aromatic rings. The van der Waals surface area contributed by atoms with Crippen LogP contribution in [0.4, 0.5) is 5.82 Å². The van der Waals surface area contributed by atoms with Gasteiger partial charge >= 0.3 is 0 Å². The highest BCUT2D eigenvalue weighted by Crippen LogP contribution is 2.29. The van der Waals surface area contributed by atoms with Gasteiger partial charge in [-0.2, -0.15) is 0 Å². The van der Waals surface area contributed by atoms with Gasteiger partial charge in [0.05, 0.1) is 0 Å². The van der Waals surface area contributed by atoms with Crippen molar-refractivity contribution in [2.45, 2.75) is 0 Å². The first kappa shape index (κ1) is 8.43. The summed E-state index contributed by atoms with van der Waals surface area (Å²) >= 11 is 1.59.